The van der Waals surface area contributed by atoms with E-state index in [1.54, 1.807) is 19.2 Å². The summed E-state index contributed by atoms with van der Waals surface area (Å²) in [5.41, 5.74) is 2.61. The van der Waals surface area contributed by atoms with Crippen LogP contribution in [0.2, 0.25) is 5.02 Å². The van der Waals surface area contributed by atoms with Gasteiger partial charge in [-0.3, -0.25) is 0 Å². The van der Waals surface area contributed by atoms with Crippen LogP contribution >= 0.6 is 11.6 Å². The Hall–Kier alpha value is -2.18. The van der Waals surface area contributed by atoms with E-state index in [2.05, 4.69) is 11.0 Å². The van der Waals surface area contributed by atoms with Gasteiger partial charge < -0.3 is 9.64 Å². The van der Waals surface area contributed by atoms with Crippen LogP contribution < -0.4 is 9.64 Å². The largest absolute Gasteiger partial charge is 0.497 e. The van der Waals surface area contributed by atoms with E-state index in [9.17, 15) is 0 Å². The molecule has 102 valence electrons. The molecule has 2 aromatic carbocycles. The first kappa shape index (κ1) is 14.2. The number of nitrogens with zero attached hydrogens (tertiary/aromatic N) is 2. The van der Waals surface area contributed by atoms with Crippen LogP contribution in [0, 0.1) is 11.3 Å². The van der Waals surface area contributed by atoms with E-state index in [0.29, 0.717) is 10.6 Å². The third kappa shape index (κ3) is 3.23. The molecule has 0 radical (unpaired) electrons. The number of anilines is 1. The van der Waals surface area contributed by atoms with Crippen LogP contribution in [0.4, 0.5) is 5.69 Å². The summed E-state index contributed by atoms with van der Waals surface area (Å²) in [6, 6.07) is 15.4. The third-order valence-electron chi connectivity index (χ3n) is 3.07. The van der Waals surface area contributed by atoms with Crippen molar-refractivity contribution in [2.75, 3.05) is 19.1 Å². The van der Waals surface area contributed by atoms with E-state index in [-0.39, 0.29) is 0 Å². The molecule has 0 saturated heterocycles. The highest BCUT2D eigenvalue weighted by atomic mass is 35.5. The van der Waals surface area contributed by atoms with Crippen molar-refractivity contribution in [1.82, 2.24) is 0 Å². The molecule has 4 heteroatoms. The molecule has 0 unspecified atom stereocenters. The fraction of sp³-hybridized carbons (Fsp3) is 0.188. The highest BCUT2D eigenvalue weighted by molar-refractivity contribution is 6.32. The quantitative estimate of drug-likeness (QED) is 0.856. The van der Waals surface area contributed by atoms with Crippen LogP contribution in [0.5, 0.6) is 5.75 Å². The van der Waals surface area contributed by atoms with E-state index in [4.69, 9.17) is 21.6 Å². The van der Waals surface area contributed by atoms with Gasteiger partial charge in [0.1, 0.15) is 11.8 Å². The Balaban J connectivity index is 2.17. The summed E-state index contributed by atoms with van der Waals surface area (Å²) in [5.74, 6) is 0.841. The average Bonchev–Trinajstić information content (AvgIpc) is 2.47. The molecule has 3 nitrogen and oxygen atoms in total. The maximum Gasteiger partial charge on any atom is 0.119 e. The SMILES string of the molecule is COc1cccc(CN(C)c2ccc(C#N)c(Cl)c2)c1. The summed E-state index contributed by atoms with van der Waals surface area (Å²) in [4.78, 5) is 2.07. The second-order valence-electron chi connectivity index (χ2n) is 4.48. The molecule has 0 saturated carbocycles. The van der Waals surface area contributed by atoms with Crippen molar-refractivity contribution in [3.05, 3.63) is 58.6 Å². The number of rotatable bonds is 4. The van der Waals surface area contributed by atoms with Crippen LogP contribution in [-0.2, 0) is 6.54 Å². The second-order valence-corrected chi connectivity index (χ2v) is 4.89. The smallest absolute Gasteiger partial charge is 0.119 e. The van der Waals surface area contributed by atoms with Crippen molar-refractivity contribution in [2.45, 2.75) is 6.54 Å². The monoisotopic (exact) mass is 286 g/mol. The lowest BCUT2D eigenvalue weighted by Crippen LogP contribution is -2.16. The number of hydrogen-bond donors (Lipinski definition) is 0. The van der Waals surface area contributed by atoms with Gasteiger partial charge in [-0.25, -0.2) is 0 Å². The van der Waals surface area contributed by atoms with Gasteiger partial charge in [0.25, 0.3) is 0 Å². The third-order valence-corrected chi connectivity index (χ3v) is 3.38. The molecule has 0 amide bonds. The summed E-state index contributed by atoms with van der Waals surface area (Å²) in [6.07, 6.45) is 0. The number of nitriles is 1. The zero-order valence-electron chi connectivity index (χ0n) is 11.4. The number of hydrogen-bond acceptors (Lipinski definition) is 3. The van der Waals surface area contributed by atoms with Crippen molar-refractivity contribution in [1.29, 1.82) is 5.26 Å². The van der Waals surface area contributed by atoms with Crippen LogP contribution in [-0.4, -0.2) is 14.2 Å². The lowest BCUT2D eigenvalue weighted by molar-refractivity contribution is 0.414. The van der Waals surface area contributed by atoms with Gasteiger partial charge in [-0.2, -0.15) is 5.26 Å². The van der Waals surface area contributed by atoms with Crippen molar-refractivity contribution in [2.24, 2.45) is 0 Å². The van der Waals surface area contributed by atoms with Crippen molar-refractivity contribution < 1.29 is 4.74 Å². The number of ether oxygens (including phenoxy) is 1. The first-order chi connectivity index (χ1) is 9.63. The minimum absolute atomic E-state index is 0.475. The van der Waals surface area contributed by atoms with Gasteiger partial charge in [0.05, 0.1) is 17.7 Å². The molecule has 0 fully saturated rings. The first-order valence-electron chi connectivity index (χ1n) is 6.17. The Morgan fingerprint density at radius 1 is 1.25 bits per heavy atom. The lowest BCUT2D eigenvalue weighted by atomic mass is 10.1. The topological polar surface area (TPSA) is 36.3 Å². The minimum atomic E-state index is 0.475. The van der Waals surface area contributed by atoms with Gasteiger partial charge in [0.2, 0.25) is 0 Å². The van der Waals surface area contributed by atoms with Gasteiger partial charge in [-0.1, -0.05) is 23.7 Å². The van der Waals surface area contributed by atoms with E-state index >= 15 is 0 Å². The predicted molar refractivity (Wildman–Crippen MR) is 81.3 cm³/mol. The normalized spacial score (nSPS) is 9.90. The van der Waals surface area contributed by atoms with Crippen LogP contribution in [0.15, 0.2) is 42.5 Å². The molecular weight excluding hydrogens is 272 g/mol. The van der Waals surface area contributed by atoms with Crippen LogP contribution in [0.1, 0.15) is 11.1 Å². The Morgan fingerprint density at radius 2 is 2.05 bits per heavy atom. The van der Waals surface area contributed by atoms with Gasteiger partial charge in [0, 0.05) is 19.3 Å². The fourth-order valence-electron chi connectivity index (χ4n) is 1.97. The minimum Gasteiger partial charge on any atom is -0.497 e. The molecule has 0 N–H and O–H groups in total. The number of benzene rings is 2. The molecule has 0 aliphatic carbocycles. The molecule has 0 atom stereocenters. The molecule has 2 aromatic rings. The molecule has 0 spiro atoms. The average molecular weight is 287 g/mol. The summed E-state index contributed by atoms with van der Waals surface area (Å²) >= 11 is 6.06. The van der Waals surface area contributed by atoms with E-state index < -0.39 is 0 Å². The van der Waals surface area contributed by atoms with E-state index in [1.807, 2.05) is 37.4 Å². The van der Waals surface area contributed by atoms with E-state index in [1.165, 1.54) is 0 Å². The van der Waals surface area contributed by atoms with Gasteiger partial charge in [-0.15, -0.1) is 0 Å². The molecule has 0 aliphatic rings. The molecule has 0 heterocycles. The molecule has 0 aliphatic heterocycles. The van der Waals surface area contributed by atoms with Gasteiger partial charge in [-0.05, 0) is 35.9 Å². The summed E-state index contributed by atoms with van der Waals surface area (Å²) < 4.78 is 5.22. The maximum atomic E-state index is 8.88. The van der Waals surface area contributed by atoms with Crippen molar-refractivity contribution in [3.63, 3.8) is 0 Å². The molecule has 2 rings (SSSR count). The standard InChI is InChI=1S/C16H15ClN2O/c1-19(11-12-4-3-5-15(8-12)20-2)14-7-6-13(10-18)16(17)9-14/h3-9H,11H2,1-2H3. The number of methoxy groups -OCH3 is 1. The summed E-state index contributed by atoms with van der Waals surface area (Å²) in [5, 5.41) is 9.35. The highest BCUT2D eigenvalue weighted by Gasteiger charge is 2.06. The Kier molecular flexibility index (Phi) is 4.49. The second kappa shape index (κ2) is 6.31. The molecule has 0 bridgehead atoms. The lowest BCUT2D eigenvalue weighted by Gasteiger charge is -2.20. The Bertz CT molecular complexity index is 649. The summed E-state index contributed by atoms with van der Waals surface area (Å²) in [6.45, 7) is 0.736. The molecule has 20 heavy (non-hydrogen) atoms. The first-order valence-corrected chi connectivity index (χ1v) is 6.55. The van der Waals surface area contributed by atoms with E-state index in [0.717, 1.165) is 23.5 Å². The summed E-state index contributed by atoms with van der Waals surface area (Å²) in [7, 11) is 3.64. The zero-order chi connectivity index (χ0) is 14.5. The van der Waals surface area contributed by atoms with Crippen molar-refractivity contribution in [3.8, 4) is 11.8 Å². The molecular formula is C16H15ClN2O. The highest BCUT2D eigenvalue weighted by Crippen LogP contribution is 2.24. The Morgan fingerprint density at radius 3 is 2.70 bits per heavy atom. The number of halogens is 1. The Labute approximate surface area is 124 Å². The van der Waals surface area contributed by atoms with Crippen LogP contribution in [0.3, 0.4) is 0 Å². The predicted octanol–water partition coefficient (Wildman–Crippen LogP) is 3.86. The zero-order valence-corrected chi connectivity index (χ0v) is 12.2. The van der Waals surface area contributed by atoms with Gasteiger partial charge >= 0.3 is 0 Å². The van der Waals surface area contributed by atoms with Crippen molar-refractivity contribution >= 4 is 17.3 Å². The van der Waals surface area contributed by atoms with Gasteiger partial charge in [0.15, 0.2) is 0 Å². The van der Waals surface area contributed by atoms with Crippen LogP contribution in [0.25, 0.3) is 0 Å². The molecule has 0 aromatic heterocycles. The maximum absolute atomic E-state index is 8.88. The fourth-order valence-corrected chi connectivity index (χ4v) is 2.19.